The van der Waals surface area contributed by atoms with Crippen molar-refractivity contribution in [2.75, 3.05) is 0 Å². The van der Waals surface area contributed by atoms with Crippen LogP contribution in [0.4, 0.5) is 0 Å². The van der Waals surface area contributed by atoms with E-state index in [1.807, 2.05) is 42.2 Å². The lowest BCUT2D eigenvalue weighted by atomic mass is 9.93. The smallest absolute Gasteiger partial charge is 0.271 e. The number of aryl methyl sites for hydroxylation is 1. The second-order valence-electron chi connectivity index (χ2n) is 6.93. The van der Waals surface area contributed by atoms with Crippen molar-refractivity contribution in [1.82, 2.24) is 9.88 Å². The average molecular weight is 338 g/mol. The number of amides is 1. The van der Waals surface area contributed by atoms with E-state index in [-0.39, 0.29) is 17.7 Å². The Bertz CT molecular complexity index is 777. The van der Waals surface area contributed by atoms with Gasteiger partial charge in [0, 0.05) is 30.3 Å². The Morgan fingerprint density at radius 2 is 1.96 bits per heavy atom. The van der Waals surface area contributed by atoms with Gasteiger partial charge in [0.15, 0.2) is 5.78 Å². The summed E-state index contributed by atoms with van der Waals surface area (Å²) < 4.78 is 0. The zero-order valence-electron chi connectivity index (χ0n) is 15.3. The highest BCUT2D eigenvalue weighted by atomic mass is 16.2. The zero-order valence-corrected chi connectivity index (χ0v) is 15.3. The summed E-state index contributed by atoms with van der Waals surface area (Å²) in [7, 11) is 0. The molecule has 132 valence electrons. The molecule has 1 aliphatic rings. The summed E-state index contributed by atoms with van der Waals surface area (Å²) >= 11 is 0. The van der Waals surface area contributed by atoms with Crippen LogP contribution in [0.15, 0.2) is 30.3 Å². The highest BCUT2D eigenvalue weighted by Gasteiger charge is 2.29. The van der Waals surface area contributed by atoms with Gasteiger partial charge in [-0.25, -0.2) is 0 Å². The first-order valence-corrected chi connectivity index (χ1v) is 9.12. The van der Waals surface area contributed by atoms with E-state index in [9.17, 15) is 9.59 Å². The van der Waals surface area contributed by atoms with Gasteiger partial charge in [-0.3, -0.25) is 9.59 Å². The Labute approximate surface area is 149 Å². The molecule has 0 saturated carbocycles. The number of nitrogens with one attached hydrogen (secondary N) is 1. The van der Waals surface area contributed by atoms with Crippen molar-refractivity contribution in [3.05, 3.63) is 58.4 Å². The maximum Gasteiger partial charge on any atom is 0.271 e. The molecule has 25 heavy (non-hydrogen) atoms. The van der Waals surface area contributed by atoms with Gasteiger partial charge in [-0.1, -0.05) is 37.3 Å². The maximum absolute atomic E-state index is 13.3. The lowest BCUT2D eigenvalue weighted by Gasteiger charge is -2.28. The largest absolute Gasteiger partial charge is 0.354 e. The molecule has 1 aromatic heterocycles. The van der Waals surface area contributed by atoms with Crippen molar-refractivity contribution >= 4 is 11.7 Å². The Morgan fingerprint density at radius 1 is 1.24 bits per heavy atom. The molecule has 1 aromatic carbocycles. The third-order valence-electron chi connectivity index (χ3n) is 5.23. The first kappa shape index (κ1) is 17.5. The molecule has 1 heterocycles. The fourth-order valence-electron chi connectivity index (χ4n) is 3.56. The maximum atomic E-state index is 13.3. The monoisotopic (exact) mass is 338 g/mol. The van der Waals surface area contributed by atoms with Crippen LogP contribution in [0, 0.1) is 6.92 Å². The third kappa shape index (κ3) is 3.39. The number of nitrogens with zero attached hydrogens (tertiary/aromatic N) is 1. The predicted octanol–water partition coefficient (Wildman–Crippen LogP) is 4.28. The standard InChI is InChI=1S/C21H26N2O2/c1-4-14(2)23(13-16-9-6-5-7-10-16)21(25)20-15(3)19-17(22-20)11-8-12-18(19)24/h5-7,9-10,14,22H,4,8,11-13H2,1-3H3. The van der Waals surface area contributed by atoms with E-state index in [0.717, 1.165) is 41.6 Å². The number of rotatable bonds is 5. The van der Waals surface area contributed by atoms with Crippen molar-refractivity contribution in [1.29, 1.82) is 0 Å². The molecule has 0 spiro atoms. The second-order valence-corrected chi connectivity index (χ2v) is 6.93. The van der Waals surface area contributed by atoms with E-state index in [2.05, 4.69) is 18.8 Å². The van der Waals surface area contributed by atoms with Gasteiger partial charge in [0.1, 0.15) is 5.69 Å². The van der Waals surface area contributed by atoms with Crippen molar-refractivity contribution in [2.24, 2.45) is 0 Å². The van der Waals surface area contributed by atoms with Gasteiger partial charge in [-0.05, 0) is 44.2 Å². The van der Waals surface area contributed by atoms with E-state index in [0.29, 0.717) is 18.7 Å². The first-order valence-electron chi connectivity index (χ1n) is 9.12. The molecule has 1 amide bonds. The summed E-state index contributed by atoms with van der Waals surface area (Å²) in [5.74, 6) is 0.144. The molecule has 0 fully saturated rings. The number of ketones is 1. The summed E-state index contributed by atoms with van der Waals surface area (Å²) in [6.07, 6.45) is 3.17. The van der Waals surface area contributed by atoms with Crippen LogP contribution in [0.3, 0.4) is 0 Å². The molecule has 4 nitrogen and oxygen atoms in total. The highest BCUT2D eigenvalue weighted by Crippen LogP contribution is 2.28. The Balaban J connectivity index is 1.94. The highest BCUT2D eigenvalue weighted by molar-refractivity contribution is 6.04. The lowest BCUT2D eigenvalue weighted by molar-refractivity contribution is 0.0665. The van der Waals surface area contributed by atoms with E-state index >= 15 is 0 Å². The molecule has 2 aromatic rings. The Morgan fingerprint density at radius 3 is 2.60 bits per heavy atom. The van der Waals surface area contributed by atoms with Crippen LogP contribution >= 0.6 is 0 Å². The quantitative estimate of drug-likeness (QED) is 0.884. The zero-order chi connectivity index (χ0) is 18.0. The molecule has 0 radical (unpaired) electrons. The fraction of sp³-hybridized carbons (Fsp3) is 0.429. The van der Waals surface area contributed by atoms with Crippen molar-refractivity contribution in [2.45, 2.75) is 59.0 Å². The van der Waals surface area contributed by atoms with E-state index in [1.165, 1.54) is 0 Å². The number of fused-ring (bicyclic) bond motifs is 1. The molecule has 1 aliphatic carbocycles. The van der Waals surface area contributed by atoms with Gasteiger partial charge >= 0.3 is 0 Å². The van der Waals surface area contributed by atoms with Gasteiger partial charge < -0.3 is 9.88 Å². The summed E-state index contributed by atoms with van der Waals surface area (Å²) in [6.45, 7) is 6.63. The van der Waals surface area contributed by atoms with Gasteiger partial charge in [-0.2, -0.15) is 0 Å². The van der Waals surface area contributed by atoms with Gasteiger partial charge in [0.25, 0.3) is 5.91 Å². The number of carbonyl (C=O) groups is 2. The summed E-state index contributed by atoms with van der Waals surface area (Å²) in [5, 5.41) is 0. The number of aromatic nitrogens is 1. The summed E-state index contributed by atoms with van der Waals surface area (Å²) in [6, 6.07) is 10.2. The first-order chi connectivity index (χ1) is 12.0. The molecular weight excluding hydrogens is 312 g/mol. The normalized spacial score (nSPS) is 14.9. The van der Waals surface area contributed by atoms with Gasteiger partial charge in [-0.15, -0.1) is 0 Å². The molecule has 1 unspecified atom stereocenters. The molecule has 0 aliphatic heterocycles. The third-order valence-corrected chi connectivity index (χ3v) is 5.23. The molecule has 0 saturated heterocycles. The number of carbonyl (C=O) groups excluding carboxylic acids is 2. The van der Waals surface area contributed by atoms with Crippen LogP contribution in [0.25, 0.3) is 0 Å². The number of H-pyrrole nitrogens is 1. The molecule has 1 atom stereocenters. The van der Waals surface area contributed by atoms with E-state index in [1.54, 1.807) is 0 Å². The van der Waals surface area contributed by atoms with Crippen molar-refractivity contribution in [3.63, 3.8) is 0 Å². The molecular formula is C21H26N2O2. The minimum Gasteiger partial charge on any atom is -0.354 e. The van der Waals surface area contributed by atoms with Crippen molar-refractivity contribution in [3.8, 4) is 0 Å². The SMILES string of the molecule is CCC(C)N(Cc1ccccc1)C(=O)c1[nH]c2c(c1C)C(=O)CCC2. The minimum atomic E-state index is -0.0158. The van der Waals surface area contributed by atoms with E-state index < -0.39 is 0 Å². The Kier molecular flexibility index (Phi) is 5.07. The molecule has 3 rings (SSSR count). The van der Waals surface area contributed by atoms with Gasteiger partial charge in [0.2, 0.25) is 0 Å². The van der Waals surface area contributed by atoms with Crippen LogP contribution in [0.5, 0.6) is 0 Å². The number of aromatic amines is 1. The number of Topliss-reactive ketones (excluding diaryl/α,β-unsaturated/α-hetero) is 1. The van der Waals surface area contributed by atoms with Crippen LogP contribution in [0.1, 0.15) is 70.8 Å². The van der Waals surface area contributed by atoms with Gasteiger partial charge in [0.05, 0.1) is 0 Å². The number of hydrogen-bond acceptors (Lipinski definition) is 2. The van der Waals surface area contributed by atoms with Crippen LogP contribution in [-0.4, -0.2) is 27.6 Å². The fourth-order valence-corrected chi connectivity index (χ4v) is 3.56. The average Bonchev–Trinajstić information content (AvgIpc) is 2.97. The second kappa shape index (κ2) is 7.26. The van der Waals surface area contributed by atoms with E-state index in [4.69, 9.17) is 0 Å². The van der Waals surface area contributed by atoms with Crippen LogP contribution in [-0.2, 0) is 13.0 Å². The topological polar surface area (TPSA) is 53.2 Å². The molecule has 1 N–H and O–H groups in total. The number of benzene rings is 1. The lowest BCUT2D eigenvalue weighted by Crippen LogP contribution is -2.38. The predicted molar refractivity (Wildman–Crippen MR) is 98.9 cm³/mol. The van der Waals surface area contributed by atoms with Crippen LogP contribution < -0.4 is 0 Å². The molecule has 0 bridgehead atoms. The number of hydrogen-bond donors (Lipinski definition) is 1. The van der Waals surface area contributed by atoms with Crippen molar-refractivity contribution < 1.29 is 9.59 Å². The summed E-state index contributed by atoms with van der Waals surface area (Å²) in [5.41, 5.74) is 4.18. The Hall–Kier alpha value is -2.36. The summed E-state index contributed by atoms with van der Waals surface area (Å²) in [4.78, 5) is 30.7. The van der Waals surface area contributed by atoms with Crippen LogP contribution in [0.2, 0.25) is 0 Å². The molecule has 4 heteroatoms. The minimum absolute atomic E-state index is 0.0158.